The molecule has 0 saturated heterocycles. The Morgan fingerprint density at radius 2 is 2.20 bits per heavy atom. The van der Waals surface area contributed by atoms with Gasteiger partial charge in [0.15, 0.2) is 0 Å². The number of aliphatic carboxylic acids is 1. The van der Waals surface area contributed by atoms with Gasteiger partial charge in [-0.1, -0.05) is 13.8 Å². The predicted molar refractivity (Wildman–Crippen MR) is 58.6 cm³/mol. The molecule has 0 amide bonds. The van der Waals surface area contributed by atoms with Crippen molar-refractivity contribution in [3.8, 4) is 0 Å². The van der Waals surface area contributed by atoms with Gasteiger partial charge in [0.25, 0.3) is 0 Å². The van der Waals surface area contributed by atoms with Gasteiger partial charge in [0.2, 0.25) is 0 Å². The minimum Gasteiger partial charge on any atom is -0.481 e. The molecule has 0 aliphatic heterocycles. The zero-order valence-electron chi connectivity index (χ0n) is 8.91. The van der Waals surface area contributed by atoms with Crippen LogP contribution in [-0.2, 0) is 17.3 Å². The molecule has 0 spiro atoms. The van der Waals surface area contributed by atoms with Gasteiger partial charge >= 0.3 is 5.97 Å². The van der Waals surface area contributed by atoms with Crippen LogP contribution in [0.2, 0.25) is 0 Å². The van der Waals surface area contributed by atoms with Crippen LogP contribution in [0, 0.1) is 5.41 Å². The summed E-state index contributed by atoms with van der Waals surface area (Å²) >= 11 is 3.27. The Bertz CT molecular complexity index is 439. The van der Waals surface area contributed by atoms with Crippen molar-refractivity contribution in [2.45, 2.75) is 25.7 Å². The summed E-state index contributed by atoms with van der Waals surface area (Å²) in [6.07, 6.45) is 0.668. The van der Waals surface area contributed by atoms with Crippen LogP contribution in [0.4, 0.5) is 0 Å². The molecule has 0 radical (unpaired) electrons. The van der Waals surface area contributed by atoms with Gasteiger partial charge in [-0.25, -0.2) is 0 Å². The third-order valence-electron chi connectivity index (χ3n) is 3.39. The number of hydrogen-bond acceptors (Lipinski definition) is 2. The first-order valence-electron chi connectivity index (χ1n) is 4.75. The molecule has 0 bridgehead atoms. The number of carboxylic acids is 1. The van der Waals surface area contributed by atoms with Crippen LogP contribution in [0.25, 0.3) is 0 Å². The topological polar surface area (TPSA) is 55.1 Å². The summed E-state index contributed by atoms with van der Waals surface area (Å²) in [5.74, 6) is -0.761. The monoisotopic (exact) mass is 272 g/mol. The number of carboxylic acid groups (broad SMARTS) is 1. The predicted octanol–water partition coefficient (Wildman–Crippen LogP) is 1.93. The molecule has 1 unspecified atom stereocenters. The molecule has 1 saturated carbocycles. The standard InChI is InChI=1S/C10H13BrN2O2/c1-9(2)5-10(9,8(14)15)6-4-7(11)12-13(6)3/h4H,5H2,1-3H3,(H,14,15). The number of halogens is 1. The molecule has 1 aliphatic rings. The number of aryl methyl sites for hydroxylation is 1. The quantitative estimate of drug-likeness (QED) is 0.895. The number of rotatable bonds is 2. The Kier molecular flexibility index (Phi) is 2.02. The minimum absolute atomic E-state index is 0.188. The normalized spacial score (nSPS) is 27.7. The van der Waals surface area contributed by atoms with Crippen molar-refractivity contribution in [1.29, 1.82) is 0 Å². The van der Waals surface area contributed by atoms with Gasteiger partial charge in [0, 0.05) is 7.05 Å². The lowest BCUT2D eigenvalue weighted by molar-refractivity contribution is -0.141. The van der Waals surface area contributed by atoms with Crippen LogP contribution < -0.4 is 0 Å². The number of aromatic nitrogens is 2. The molecule has 2 rings (SSSR count). The highest BCUT2D eigenvalue weighted by Gasteiger charge is 2.69. The van der Waals surface area contributed by atoms with E-state index >= 15 is 0 Å². The molecule has 1 fully saturated rings. The van der Waals surface area contributed by atoms with E-state index in [0.717, 1.165) is 5.69 Å². The maximum absolute atomic E-state index is 11.4. The van der Waals surface area contributed by atoms with E-state index in [1.54, 1.807) is 17.8 Å². The van der Waals surface area contributed by atoms with Crippen molar-refractivity contribution in [3.05, 3.63) is 16.4 Å². The number of hydrogen-bond donors (Lipinski definition) is 1. The van der Waals surface area contributed by atoms with Crippen LogP contribution >= 0.6 is 15.9 Å². The maximum atomic E-state index is 11.4. The summed E-state index contributed by atoms with van der Waals surface area (Å²) in [7, 11) is 1.78. The average Bonchev–Trinajstić information content (AvgIpc) is 2.50. The fourth-order valence-electron chi connectivity index (χ4n) is 2.36. The van der Waals surface area contributed by atoms with Crippen molar-refractivity contribution in [3.63, 3.8) is 0 Å². The van der Waals surface area contributed by atoms with Crippen molar-refractivity contribution in [1.82, 2.24) is 9.78 Å². The first kappa shape index (κ1) is 10.7. The fraction of sp³-hybridized carbons (Fsp3) is 0.600. The summed E-state index contributed by atoms with van der Waals surface area (Å²) < 4.78 is 2.33. The number of carbonyl (C=O) groups is 1. The van der Waals surface area contributed by atoms with E-state index in [1.165, 1.54) is 0 Å². The van der Waals surface area contributed by atoms with Crippen LogP contribution in [0.1, 0.15) is 26.0 Å². The third-order valence-corrected chi connectivity index (χ3v) is 3.78. The van der Waals surface area contributed by atoms with E-state index in [1.807, 2.05) is 13.8 Å². The summed E-state index contributed by atoms with van der Waals surface area (Å²) in [5.41, 5.74) is -0.181. The molecule has 1 aliphatic carbocycles. The molecule has 1 atom stereocenters. The SMILES string of the molecule is Cn1nc(Br)cc1C1(C(=O)O)CC1(C)C. The Morgan fingerprint density at radius 1 is 1.67 bits per heavy atom. The highest BCUT2D eigenvalue weighted by atomic mass is 79.9. The fourth-order valence-corrected chi connectivity index (χ4v) is 2.82. The smallest absolute Gasteiger partial charge is 0.316 e. The van der Waals surface area contributed by atoms with Crippen molar-refractivity contribution >= 4 is 21.9 Å². The van der Waals surface area contributed by atoms with Gasteiger partial charge in [-0.15, -0.1) is 0 Å². The van der Waals surface area contributed by atoms with E-state index in [0.29, 0.717) is 11.0 Å². The molecule has 0 aromatic carbocycles. The molecule has 1 aromatic heterocycles. The summed E-state index contributed by atoms with van der Waals surface area (Å²) in [6.45, 7) is 3.95. The lowest BCUT2D eigenvalue weighted by atomic mass is 9.92. The molecule has 82 valence electrons. The highest BCUT2D eigenvalue weighted by molar-refractivity contribution is 9.10. The molecule has 15 heavy (non-hydrogen) atoms. The van der Waals surface area contributed by atoms with E-state index < -0.39 is 11.4 Å². The molecule has 1 heterocycles. The minimum atomic E-state index is -0.763. The summed E-state index contributed by atoms with van der Waals surface area (Å²) in [6, 6.07) is 1.79. The molecule has 1 N–H and O–H groups in total. The van der Waals surface area contributed by atoms with Crippen LogP contribution in [-0.4, -0.2) is 20.9 Å². The lowest BCUT2D eigenvalue weighted by Crippen LogP contribution is -2.28. The van der Waals surface area contributed by atoms with Gasteiger partial charge in [-0.05, 0) is 33.8 Å². The first-order valence-corrected chi connectivity index (χ1v) is 5.54. The van der Waals surface area contributed by atoms with Crippen LogP contribution in [0.5, 0.6) is 0 Å². The molecular weight excluding hydrogens is 260 g/mol. The molecule has 1 aromatic rings. The Morgan fingerprint density at radius 3 is 2.47 bits per heavy atom. The molecule has 4 nitrogen and oxygen atoms in total. The molecule has 5 heteroatoms. The maximum Gasteiger partial charge on any atom is 0.316 e. The van der Waals surface area contributed by atoms with Crippen LogP contribution in [0.3, 0.4) is 0 Å². The second-order valence-electron chi connectivity index (χ2n) is 4.75. The zero-order chi connectivity index (χ0) is 11.4. The second-order valence-corrected chi connectivity index (χ2v) is 5.56. The van der Waals surface area contributed by atoms with E-state index in [2.05, 4.69) is 21.0 Å². The Hall–Kier alpha value is -0.840. The van der Waals surface area contributed by atoms with E-state index in [4.69, 9.17) is 0 Å². The first-order chi connectivity index (χ1) is 6.81. The van der Waals surface area contributed by atoms with Gasteiger partial charge in [-0.2, -0.15) is 5.10 Å². The van der Waals surface area contributed by atoms with Crippen molar-refractivity contribution < 1.29 is 9.90 Å². The molecular formula is C10H13BrN2O2. The summed E-state index contributed by atoms with van der Waals surface area (Å²) in [4.78, 5) is 11.4. The van der Waals surface area contributed by atoms with Crippen molar-refractivity contribution in [2.24, 2.45) is 12.5 Å². The van der Waals surface area contributed by atoms with E-state index in [9.17, 15) is 9.90 Å². The zero-order valence-corrected chi connectivity index (χ0v) is 10.5. The van der Waals surface area contributed by atoms with Crippen molar-refractivity contribution in [2.75, 3.05) is 0 Å². The van der Waals surface area contributed by atoms with Gasteiger partial charge in [0.05, 0.1) is 5.69 Å². The summed E-state index contributed by atoms with van der Waals surface area (Å²) in [5, 5.41) is 13.5. The Balaban J connectivity index is 2.54. The van der Waals surface area contributed by atoms with Crippen LogP contribution in [0.15, 0.2) is 10.7 Å². The second kappa shape index (κ2) is 2.84. The highest BCUT2D eigenvalue weighted by Crippen LogP contribution is 2.64. The Labute approximate surface area is 96.4 Å². The number of nitrogens with zero attached hydrogens (tertiary/aromatic N) is 2. The van der Waals surface area contributed by atoms with Gasteiger partial charge < -0.3 is 5.11 Å². The lowest BCUT2D eigenvalue weighted by Gasteiger charge is -2.15. The average molecular weight is 273 g/mol. The van der Waals surface area contributed by atoms with E-state index in [-0.39, 0.29) is 5.41 Å². The van der Waals surface area contributed by atoms with Gasteiger partial charge in [0.1, 0.15) is 10.0 Å². The van der Waals surface area contributed by atoms with Gasteiger partial charge in [-0.3, -0.25) is 9.48 Å². The largest absolute Gasteiger partial charge is 0.481 e. The third kappa shape index (κ3) is 1.25.